The van der Waals surface area contributed by atoms with Gasteiger partial charge >= 0.3 is 0 Å². The van der Waals surface area contributed by atoms with Crippen molar-refractivity contribution in [1.82, 2.24) is 0 Å². The van der Waals surface area contributed by atoms with Gasteiger partial charge in [0.1, 0.15) is 6.29 Å². The van der Waals surface area contributed by atoms with E-state index in [1.807, 2.05) is 0 Å². The van der Waals surface area contributed by atoms with Crippen LogP contribution in [0, 0.1) is 17.0 Å². The summed E-state index contributed by atoms with van der Waals surface area (Å²) in [7, 11) is 0. The van der Waals surface area contributed by atoms with Crippen LogP contribution in [0.15, 0.2) is 18.2 Å². The maximum atomic E-state index is 10.6. The molecule has 1 aromatic carbocycles. The number of nitro groups is 1. The van der Waals surface area contributed by atoms with Gasteiger partial charge in [0.05, 0.1) is 4.92 Å². The smallest absolute Gasteiger partial charge is 0.270 e. The van der Waals surface area contributed by atoms with Crippen molar-refractivity contribution in [3.63, 3.8) is 0 Å². The van der Waals surface area contributed by atoms with E-state index in [4.69, 9.17) is 5.73 Å². The summed E-state index contributed by atoms with van der Waals surface area (Å²) < 4.78 is 0. The molecule has 1 aromatic rings. The van der Waals surface area contributed by atoms with Gasteiger partial charge < -0.3 is 5.73 Å². The summed E-state index contributed by atoms with van der Waals surface area (Å²) in [6.45, 7) is 1.68. The standard InChI is InChI=1S/C10H10N2O3/c1-7-5-9(12(14)15)6-8(10(7)11)3-2-4-13/h2-6H,11H2,1H3. The second kappa shape index (κ2) is 4.36. The number of allylic oxidation sites excluding steroid dienone is 1. The molecule has 0 aliphatic rings. The molecule has 78 valence electrons. The van der Waals surface area contributed by atoms with Crippen LogP contribution >= 0.6 is 0 Å². The van der Waals surface area contributed by atoms with Crippen molar-refractivity contribution in [2.45, 2.75) is 6.92 Å². The quantitative estimate of drug-likeness (QED) is 0.268. The van der Waals surface area contributed by atoms with Crippen LogP contribution < -0.4 is 5.73 Å². The van der Waals surface area contributed by atoms with Crippen LogP contribution in [-0.2, 0) is 4.79 Å². The van der Waals surface area contributed by atoms with Crippen LogP contribution in [0.2, 0.25) is 0 Å². The van der Waals surface area contributed by atoms with Gasteiger partial charge in [-0.25, -0.2) is 0 Å². The number of hydrogen-bond donors (Lipinski definition) is 1. The maximum Gasteiger partial charge on any atom is 0.270 e. The van der Waals surface area contributed by atoms with Crippen molar-refractivity contribution >= 4 is 23.7 Å². The Morgan fingerprint density at radius 2 is 2.13 bits per heavy atom. The number of hydrogen-bond acceptors (Lipinski definition) is 4. The lowest BCUT2D eigenvalue weighted by Crippen LogP contribution is -1.96. The zero-order valence-corrected chi connectivity index (χ0v) is 8.14. The summed E-state index contributed by atoms with van der Waals surface area (Å²) in [5, 5.41) is 10.6. The van der Waals surface area contributed by atoms with Crippen molar-refractivity contribution in [3.05, 3.63) is 39.4 Å². The molecule has 0 amide bonds. The molecule has 0 aliphatic carbocycles. The molecule has 15 heavy (non-hydrogen) atoms. The Balaban J connectivity index is 3.30. The number of aryl methyl sites for hydroxylation is 1. The molecule has 0 aliphatic heterocycles. The highest BCUT2D eigenvalue weighted by atomic mass is 16.6. The third-order valence-electron chi connectivity index (χ3n) is 1.97. The first-order valence-corrected chi connectivity index (χ1v) is 4.22. The number of aldehydes is 1. The molecule has 5 heteroatoms. The Labute approximate surface area is 86.4 Å². The average Bonchev–Trinajstić information content (AvgIpc) is 2.19. The Morgan fingerprint density at radius 3 is 2.67 bits per heavy atom. The maximum absolute atomic E-state index is 10.6. The summed E-state index contributed by atoms with van der Waals surface area (Å²) in [6, 6.07) is 2.73. The molecule has 0 heterocycles. The zero-order valence-electron chi connectivity index (χ0n) is 8.14. The van der Waals surface area contributed by atoms with Gasteiger partial charge in [0.25, 0.3) is 5.69 Å². The zero-order chi connectivity index (χ0) is 11.4. The van der Waals surface area contributed by atoms with E-state index in [1.165, 1.54) is 24.3 Å². The Morgan fingerprint density at radius 1 is 1.47 bits per heavy atom. The van der Waals surface area contributed by atoms with Gasteiger partial charge in [0.15, 0.2) is 0 Å². The molecule has 0 fully saturated rings. The largest absolute Gasteiger partial charge is 0.398 e. The summed E-state index contributed by atoms with van der Waals surface area (Å²) in [6.07, 6.45) is 3.28. The van der Waals surface area contributed by atoms with Crippen LogP contribution in [-0.4, -0.2) is 11.2 Å². The lowest BCUT2D eigenvalue weighted by molar-refractivity contribution is -0.384. The lowest BCUT2D eigenvalue weighted by atomic mass is 10.1. The number of nitrogen functional groups attached to an aromatic ring is 1. The minimum Gasteiger partial charge on any atom is -0.398 e. The highest BCUT2D eigenvalue weighted by Crippen LogP contribution is 2.25. The van der Waals surface area contributed by atoms with Gasteiger partial charge in [-0.05, 0) is 24.6 Å². The van der Waals surface area contributed by atoms with E-state index in [0.717, 1.165) is 0 Å². The van der Waals surface area contributed by atoms with Crippen LogP contribution in [0.5, 0.6) is 0 Å². The highest BCUT2D eigenvalue weighted by molar-refractivity contribution is 5.79. The number of carbonyl (C=O) groups excluding carboxylic acids is 1. The van der Waals surface area contributed by atoms with Gasteiger partial charge in [-0.1, -0.05) is 0 Å². The van der Waals surface area contributed by atoms with E-state index >= 15 is 0 Å². The van der Waals surface area contributed by atoms with Crippen LogP contribution in [0.4, 0.5) is 11.4 Å². The molecule has 2 N–H and O–H groups in total. The number of nitrogens with zero attached hydrogens (tertiary/aromatic N) is 1. The normalized spacial score (nSPS) is 10.5. The van der Waals surface area contributed by atoms with E-state index in [0.29, 0.717) is 23.1 Å². The fraction of sp³-hybridized carbons (Fsp3) is 0.100. The molecular formula is C10H10N2O3. The summed E-state index contributed by atoms with van der Waals surface area (Å²) in [4.78, 5) is 20.2. The Bertz CT molecular complexity index is 439. The minimum atomic E-state index is -0.495. The fourth-order valence-corrected chi connectivity index (χ4v) is 1.19. The third kappa shape index (κ3) is 2.40. The molecule has 0 saturated carbocycles. The van der Waals surface area contributed by atoms with Crippen molar-refractivity contribution in [2.24, 2.45) is 0 Å². The lowest BCUT2D eigenvalue weighted by Gasteiger charge is -2.04. The fourth-order valence-electron chi connectivity index (χ4n) is 1.19. The number of rotatable bonds is 3. The summed E-state index contributed by atoms with van der Waals surface area (Å²) in [5.74, 6) is 0. The highest BCUT2D eigenvalue weighted by Gasteiger charge is 2.10. The number of nitro benzene ring substituents is 1. The number of carbonyl (C=O) groups is 1. The topological polar surface area (TPSA) is 86.2 Å². The number of anilines is 1. The average molecular weight is 206 g/mol. The second-order valence-corrected chi connectivity index (χ2v) is 3.02. The molecule has 0 spiro atoms. The van der Waals surface area contributed by atoms with Crippen LogP contribution in [0.3, 0.4) is 0 Å². The van der Waals surface area contributed by atoms with E-state index in [2.05, 4.69) is 0 Å². The van der Waals surface area contributed by atoms with E-state index < -0.39 is 4.92 Å². The molecule has 0 unspecified atom stereocenters. The van der Waals surface area contributed by atoms with Crippen molar-refractivity contribution in [1.29, 1.82) is 0 Å². The van der Waals surface area contributed by atoms with Crippen molar-refractivity contribution in [2.75, 3.05) is 5.73 Å². The van der Waals surface area contributed by atoms with Gasteiger partial charge in [-0.2, -0.15) is 0 Å². The van der Waals surface area contributed by atoms with Gasteiger partial charge in [-0.15, -0.1) is 0 Å². The summed E-state index contributed by atoms with van der Waals surface area (Å²) in [5.41, 5.74) is 7.21. The van der Waals surface area contributed by atoms with Crippen molar-refractivity contribution in [3.8, 4) is 0 Å². The minimum absolute atomic E-state index is 0.0350. The Hall–Kier alpha value is -2.17. The molecular weight excluding hydrogens is 196 g/mol. The first kappa shape index (κ1) is 10.9. The van der Waals surface area contributed by atoms with Crippen LogP contribution in [0.1, 0.15) is 11.1 Å². The molecule has 0 bridgehead atoms. The molecule has 0 atom stereocenters. The SMILES string of the molecule is Cc1cc([N+](=O)[O-])cc(C=CC=O)c1N. The Kier molecular flexibility index (Phi) is 3.17. The van der Waals surface area contributed by atoms with Gasteiger partial charge in [0.2, 0.25) is 0 Å². The predicted octanol–water partition coefficient (Wildman–Crippen LogP) is 1.70. The van der Waals surface area contributed by atoms with E-state index in [-0.39, 0.29) is 5.69 Å². The predicted molar refractivity (Wildman–Crippen MR) is 57.3 cm³/mol. The monoisotopic (exact) mass is 206 g/mol. The van der Waals surface area contributed by atoms with E-state index in [9.17, 15) is 14.9 Å². The molecule has 1 rings (SSSR count). The summed E-state index contributed by atoms with van der Waals surface area (Å²) >= 11 is 0. The first-order chi connectivity index (χ1) is 7.06. The third-order valence-corrected chi connectivity index (χ3v) is 1.97. The molecule has 0 aromatic heterocycles. The van der Waals surface area contributed by atoms with Gasteiger partial charge in [-0.3, -0.25) is 14.9 Å². The van der Waals surface area contributed by atoms with Gasteiger partial charge in [0, 0.05) is 23.4 Å². The van der Waals surface area contributed by atoms with Crippen LogP contribution in [0.25, 0.3) is 6.08 Å². The first-order valence-electron chi connectivity index (χ1n) is 4.22. The molecule has 5 nitrogen and oxygen atoms in total. The van der Waals surface area contributed by atoms with Crippen molar-refractivity contribution < 1.29 is 9.72 Å². The number of nitrogens with two attached hydrogens (primary N) is 1. The molecule has 0 radical (unpaired) electrons. The van der Waals surface area contributed by atoms with E-state index in [1.54, 1.807) is 6.92 Å². The second-order valence-electron chi connectivity index (χ2n) is 3.02. The number of benzene rings is 1. The molecule has 0 saturated heterocycles. The number of non-ortho nitro benzene ring substituents is 1.